The van der Waals surface area contributed by atoms with E-state index in [0.29, 0.717) is 11.8 Å². The lowest BCUT2D eigenvalue weighted by Gasteiger charge is -2.34. The summed E-state index contributed by atoms with van der Waals surface area (Å²) in [6, 6.07) is 0. The van der Waals surface area contributed by atoms with Crippen LogP contribution < -0.4 is 0 Å². The Morgan fingerprint density at radius 3 is 2.67 bits per heavy atom. The molecule has 0 heterocycles. The fourth-order valence-electron chi connectivity index (χ4n) is 2.22. The van der Waals surface area contributed by atoms with Crippen LogP contribution >= 0.6 is 0 Å². The van der Waals surface area contributed by atoms with Crippen LogP contribution in [0.15, 0.2) is 24.8 Å². The third kappa shape index (κ3) is 3.22. The minimum Gasteiger partial charge on any atom is -0.459 e. The Kier molecular flexibility index (Phi) is 4.13. The Balaban J connectivity index is 2.65. The molecule has 2 heteroatoms. The Morgan fingerprint density at radius 2 is 2.13 bits per heavy atom. The van der Waals surface area contributed by atoms with Gasteiger partial charge in [-0.1, -0.05) is 25.7 Å². The molecule has 3 atom stereocenters. The topological polar surface area (TPSA) is 26.3 Å². The second kappa shape index (κ2) is 5.15. The minimum absolute atomic E-state index is 0.00301. The van der Waals surface area contributed by atoms with E-state index in [9.17, 15) is 4.79 Å². The van der Waals surface area contributed by atoms with Crippen molar-refractivity contribution >= 4 is 5.97 Å². The molecule has 1 aliphatic rings. The van der Waals surface area contributed by atoms with E-state index in [4.69, 9.17) is 4.74 Å². The summed E-state index contributed by atoms with van der Waals surface area (Å²) in [5, 5.41) is 0. The van der Waals surface area contributed by atoms with Gasteiger partial charge in [0.2, 0.25) is 0 Å². The third-order valence-electron chi connectivity index (χ3n) is 3.12. The van der Waals surface area contributed by atoms with Crippen LogP contribution in [0.4, 0.5) is 0 Å². The fraction of sp³-hybridized carbons (Fsp3) is 0.615. The number of hydrogen-bond acceptors (Lipinski definition) is 2. The Bertz CT molecular complexity index is 268. The molecular formula is C13H20O2. The molecule has 0 spiro atoms. The van der Waals surface area contributed by atoms with E-state index in [1.165, 1.54) is 12.5 Å². The second-order valence-electron chi connectivity index (χ2n) is 4.55. The molecule has 2 nitrogen and oxygen atoms in total. The average molecular weight is 208 g/mol. The normalized spacial score (nSPS) is 30.7. The molecule has 0 aliphatic heterocycles. The van der Waals surface area contributed by atoms with E-state index < -0.39 is 0 Å². The largest absolute Gasteiger partial charge is 0.459 e. The van der Waals surface area contributed by atoms with E-state index in [0.717, 1.165) is 18.4 Å². The lowest BCUT2D eigenvalue weighted by atomic mass is 9.78. The van der Waals surface area contributed by atoms with E-state index in [1.807, 2.05) is 6.92 Å². The van der Waals surface area contributed by atoms with Crippen molar-refractivity contribution in [3.05, 3.63) is 24.8 Å². The molecule has 1 fully saturated rings. The first-order valence-electron chi connectivity index (χ1n) is 5.53. The van der Waals surface area contributed by atoms with E-state index in [-0.39, 0.29) is 12.1 Å². The molecule has 1 unspecified atom stereocenters. The number of carbonyl (C=O) groups is 1. The van der Waals surface area contributed by atoms with Gasteiger partial charge in [0.25, 0.3) is 0 Å². The van der Waals surface area contributed by atoms with Gasteiger partial charge in [-0.3, -0.25) is 0 Å². The monoisotopic (exact) mass is 208 g/mol. The van der Waals surface area contributed by atoms with Gasteiger partial charge in [-0.25, -0.2) is 4.79 Å². The first-order valence-corrected chi connectivity index (χ1v) is 5.53. The van der Waals surface area contributed by atoms with Crippen molar-refractivity contribution in [1.82, 2.24) is 0 Å². The molecule has 0 bridgehead atoms. The molecular weight excluding hydrogens is 188 g/mol. The predicted molar refractivity (Wildman–Crippen MR) is 61.4 cm³/mol. The molecule has 1 aliphatic carbocycles. The molecule has 15 heavy (non-hydrogen) atoms. The molecule has 84 valence electrons. The van der Waals surface area contributed by atoms with Crippen LogP contribution in [0.3, 0.4) is 0 Å². The van der Waals surface area contributed by atoms with Crippen LogP contribution in [0.2, 0.25) is 0 Å². The summed E-state index contributed by atoms with van der Waals surface area (Å²) in [7, 11) is 0. The fourth-order valence-corrected chi connectivity index (χ4v) is 2.22. The molecule has 1 saturated carbocycles. The maximum Gasteiger partial charge on any atom is 0.330 e. The van der Waals surface area contributed by atoms with Gasteiger partial charge >= 0.3 is 5.97 Å². The second-order valence-corrected chi connectivity index (χ2v) is 4.55. The van der Waals surface area contributed by atoms with Crippen LogP contribution in [-0.4, -0.2) is 12.1 Å². The van der Waals surface area contributed by atoms with Gasteiger partial charge in [0.1, 0.15) is 6.10 Å². The van der Waals surface area contributed by atoms with Crippen molar-refractivity contribution in [2.45, 2.75) is 39.2 Å². The summed E-state index contributed by atoms with van der Waals surface area (Å²) in [4.78, 5) is 11.2. The first kappa shape index (κ1) is 12.0. The van der Waals surface area contributed by atoms with Crippen LogP contribution in [0.25, 0.3) is 0 Å². The summed E-state index contributed by atoms with van der Waals surface area (Å²) < 4.78 is 5.37. The van der Waals surface area contributed by atoms with Crippen molar-refractivity contribution in [2.24, 2.45) is 11.8 Å². The average Bonchev–Trinajstić information content (AvgIpc) is 2.17. The molecule has 0 radical (unpaired) electrons. The van der Waals surface area contributed by atoms with Crippen LogP contribution in [-0.2, 0) is 9.53 Å². The summed E-state index contributed by atoms with van der Waals surface area (Å²) in [5.41, 5.74) is 1.11. The van der Waals surface area contributed by atoms with Gasteiger partial charge in [-0.15, -0.1) is 0 Å². The highest BCUT2D eigenvalue weighted by Gasteiger charge is 2.31. The van der Waals surface area contributed by atoms with Crippen molar-refractivity contribution in [2.75, 3.05) is 0 Å². The molecule has 0 aromatic carbocycles. The highest BCUT2D eigenvalue weighted by Crippen LogP contribution is 2.34. The number of esters is 1. The summed E-state index contributed by atoms with van der Waals surface area (Å²) in [6.45, 7) is 11.6. The molecule has 0 N–H and O–H groups in total. The third-order valence-corrected chi connectivity index (χ3v) is 3.12. The van der Waals surface area contributed by atoms with Gasteiger partial charge in [0, 0.05) is 12.0 Å². The smallest absolute Gasteiger partial charge is 0.330 e. The van der Waals surface area contributed by atoms with Crippen molar-refractivity contribution in [1.29, 1.82) is 0 Å². The van der Waals surface area contributed by atoms with Gasteiger partial charge in [0.05, 0.1) is 0 Å². The molecule has 0 saturated heterocycles. The van der Waals surface area contributed by atoms with Crippen molar-refractivity contribution in [3.8, 4) is 0 Å². The van der Waals surface area contributed by atoms with Gasteiger partial charge in [-0.2, -0.15) is 0 Å². The molecule has 1 rings (SSSR count). The molecule has 0 amide bonds. The van der Waals surface area contributed by atoms with Gasteiger partial charge < -0.3 is 4.74 Å². The minimum atomic E-state index is -0.319. The zero-order chi connectivity index (χ0) is 11.4. The quantitative estimate of drug-likeness (QED) is 0.405. The Hall–Kier alpha value is -1.05. The Labute approximate surface area is 92.0 Å². The summed E-state index contributed by atoms with van der Waals surface area (Å²) >= 11 is 0. The lowest BCUT2D eigenvalue weighted by Crippen LogP contribution is -2.33. The summed E-state index contributed by atoms with van der Waals surface area (Å²) in [5.74, 6) is 0.633. The van der Waals surface area contributed by atoms with Gasteiger partial charge in [0.15, 0.2) is 0 Å². The zero-order valence-electron chi connectivity index (χ0n) is 9.66. The Morgan fingerprint density at radius 1 is 1.47 bits per heavy atom. The van der Waals surface area contributed by atoms with E-state index >= 15 is 0 Å². The maximum absolute atomic E-state index is 11.2. The SMILES string of the molecule is C=CC(=O)O[C@H]1C[C@@H](C)CCC1C(=C)C. The zero-order valence-corrected chi connectivity index (χ0v) is 9.66. The summed E-state index contributed by atoms with van der Waals surface area (Å²) in [6.07, 6.45) is 4.44. The van der Waals surface area contributed by atoms with Crippen LogP contribution in [0.1, 0.15) is 33.1 Å². The van der Waals surface area contributed by atoms with Crippen LogP contribution in [0, 0.1) is 11.8 Å². The number of ether oxygens (including phenoxy) is 1. The maximum atomic E-state index is 11.2. The first-order chi connectivity index (χ1) is 7.04. The number of rotatable bonds is 3. The van der Waals surface area contributed by atoms with Gasteiger partial charge in [-0.05, 0) is 32.1 Å². The highest BCUT2D eigenvalue weighted by molar-refractivity contribution is 5.81. The molecule has 0 aromatic heterocycles. The predicted octanol–water partition coefficient (Wildman–Crippen LogP) is 3.10. The van der Waals surface area contributed by atoms with Crippen molar-refractivity contribution < 1.29 is 9.53 Å². The van der Waals surface area contributed by atoms with Crippen molar-refractivity contribution in [3.63, 3.8) is 0 Å². The number of hydrogen-bond donors (Lipinski definition) is 0. The molecule has 0 aromatic rings. The lowest BCUT2D eigenvalue weighted by molar-refractivity contribution is -0.147. The highest BCUT2D eigenvalue weighted by atomic mass is 16.5. The van der Waals surface area contributed by atoms with E-state index in [2.05, 4.69) is 20.1 Å². The van der Waals surface area contributed by atoms with E-state index in [1.54, 1.807) is 0 Å². The van der Waals surface area contributed by atoms with Crippen LogP contribution in [0.5, 0.6) is 0 Å². The standard InChI is InChI=1S/C13H20O2/c1-5-13(14)15-12-8-10(4)6-7-11(12)9(2)3/h5,10-12H,1-2,6-8H2,3-4H3/t10-,11?,12-/m0/s1. The number of carbonyl (C=O) groups excluding carboxylic acids is 1.